The van der Waals surface area contributed by atoms with Crippen LogP contribution < -0.4 is 0 Å². The van der Waals surface area contributed by atoms with Crippen LogP contribution in [0.5, 0.6) is 0 Å². The zero-order valence-electron chi connectivity index (χ0n) is 13.1. The van der Waals surface area contributed by atoms with Gasteiger partial charge in [0.1, 0.15) is 12.4 Å². The summed E-state index contributed by atoms with van der Waals surface area (Å²) >= 11 is 0. The van der Waals surface area contributed by atoms with Gasteiger partial charge in [-0.15, -0.1) is 0 Å². The molecule has 0 aliphatic rings. The highest BCUT2D eigenvalue weighted by Crippen LogP contribution is 2.11. The number of hydrogen-bond donors (Lipinski definition) is 0. The van der Waals surface area contributed by atoms with Crippen LogP contribution in [0.4, 0.5) is 0 Å². The summed E-state index contributed by atoms with van der Waals surface area (Å²) in [4.78, 5) is 22.0. The summed E-state index contributed by atoms with van der Waals surface area (Å²) in [6, 6.07) is 0. The molecule has 0 aliphatic heterocycles. The molecular formula is C16H30O4. The minimum atomic E-state index is -0.119. The number of esters is 1. The monoisotopic (exact) mass is 286 g/mol. The summed E-state index contributed by atoms with van der Waals surface area (Å²) in [5.74, 6) is 0.175. The van der Waals surface area contributed by atoms with Crippen molar-refractivity contribution in [1.29, 1.82) is 0 Å². The van der Waals surface area contributed by atoms with Gasteiger partial charge in [-0.2, -0.15) is 0 Å². The molecule has 118 valence electrons. The van der Waals surface area contributed by atoms with Crippen LogP contribution in [0.25, 0.3) is 0 Å². The molecule has 4 nitrogen and oxygen atoms in total. The number of carbonyl (C=O) groups excluding carboxylic acids is 2. The predicted molar refractivity (Wildman–Crippen MR) is 79.7 cm³/mol. The van der Waals surface area contributed by atoms with Gasteiger partial charge < -0.3 is 14.3 Å². The average Bonchev–Trinajstić information content (AvgIpc) is 2.41. The van der Waals surface area contributed by atoms with E-state index in [2.05, 4.69) is 0 Å². The first-order valence-corrected chi connectivity index (χ1v) is 7.81. The van der Waals surface area contributed by atoms with E-state index in [4.69, 9.17) is 9.47 Å². The van der Waals surface area contributed by atoms with E-state index in [9.17, 15) is 9.59 Å². The number of rotatable bonds is 14. The molecule has 0 saturated heterocycles. The normalized spacial score (nSPS) is 10.5. The maximum Gasteiger partial charge on any atom is 0.305 e. The number of hydrogen-bond acceptors (Lipinski definition) is 4. The molecular weight excluding hydrogens is 256 g/mol. The minimum absolute atomic E-state index is 0.119. The number of methoxy groups -OCH3 is 1. The molecule has 0 bridgehead atoms. The largest absolute Gasteiger partial charge is 0.463 e. The Morgan fingerprint density at radius 2 is 1.25 bits per heavy atom. The van der Waals surface area contributed by atoms with Gasteiger partial charge in [0.15, 0.2) is 0 Å². The maximum atomic E-state index is 11.3. The molecule has 0 aliphatic carbocycles. The number of ketones is 1. The van der Waals surface area contributed by atoms with Crippen LogP contribution in [0.1, 0.15) is 71.1 Å². The Bertz CT molecular complexity index is 251. The van der Waals surface area contributed by atoms with Crippen molar-refractivity contribution in [3.05, 3.63) is 0 Å². The molecule has 0 aromatic heterocycles. The van der Waals surface area contributed by atoms with Crippen LogP contribution in [0.15, 0.2) is 0 Å². The molecule has 20 heavy (non-hydrogen) atoms. The Morgan fingerprint density at radius 3 is 1.75 bits per heavy atom. The molecule has 4 heteroatoms. The second kappa shape index (κ2) is 14.5. The van der Waals surface area contributed by atoms with Crippen molar-refractivity contribution >= 4 is 11.8 Å². The quantitative estimate of drug-likeness (QED) is 0.361. The van der Waals surface area contributed by atoms with Gasteiger partial charge in [-0.1, -0.05) is 38.5 Å². The maximum absolute atomic E-state index is 11.3. The Morgan fingerprint density at radius 1 is 0.750 bits per heavy atom. The van der Waals surface area contributed by atoms with E-state index in [0.717, 1.165) is 32.1 Å². The minimum Gasteiger partial charge on any atom is -0.463 e. The van der Waals surface area contributed by atoms with Crippen LogP contribution in [-0.4, -0.2) is 32.1 Å². The van der Waals surface area contributed by atoms with Gasteiger partial charge in [0.2, 0.25) is 0 Å². The lowest BCUT2D eigenvalue weighted by Gasteiger charge is -2.04. The van der Waals surface area contributed by atoms with E-state index in [1.165, 1.54) is 25.7 Å². The number of ether oxygens (including phenoxy) is 2. The standard InChI is InChI=1S/C16H30O4/c1-15(17)11-9-7-5-3-4-6-8-10-12-16(18)20-14-13-19-2/h3-14H2,1-2H3. The molecule has 0 N–H and O–H groups in total. The summed E-state index contributed by atoms with van der Waals surface area (Å²) in [5.41, 5.74) is 0. The van der Waals surface area contributed by atoms with Gasteiger partial charge in [0.05, 0.1) is 6.61 Å². The first-order chi connectivity index (χ1) is 9.66. The van der Waals surface area contributed by atoms with Crippen LogP contribution in [-0.2, 0) is 19.1 Å². The van der Waals surface area contributed by atoms with Gasteiger partial charge >= 0.3 is 5.97 Å². The molecule has 0 fully saturated rings. The summed E-state index contributed by atoms with van der Waals surface area (Å²) in [5, 5.41) is 0. The van der Waals surface area contributed by atoms with Gasteiger partial charge in [-0.05, 0) is 19.8 Å². The first kappa shape index (κ1) is 19.1. The van der Waals surface area contributed by atoms with Gasteiger partial charge in [-0.25, -0.2) is 0 Å². The zero-order chi connectivity index (χ0) is 15.1. The van der Waals surface area contributed by atoms with Crippen molar-refractivity contribution in [2.75, 3.05) is 20.3 Å². The molecule has 0 atom stereocenters. The fourth-order valence-corrected chi connectivity index (χ4v) is 2.01. The summed E-state index contributed by atoms with van der Waals surface area (Å²) < 4.78 is 9.79. The van der Waals surface area contributed by atoms with E-state index in [1.807, 2.05) is 0 Å². The topological polar surface area (TPSA) is 52.6 Å². The third kappa shape index (κ3) is 15.2. The van der Waals surface area contributed by atoms with Crippen molar-refractivity contribution in [3.63, 3.8) is 0 Å². The third-order valence-corrected chi connectivity index (χ3v) is 3.21. The lowest BCUT2D eigenvalue weighted by molar-refractivity contribution is -0.145. The number of carbonyl (C=O) groups is 2. The van der Waals surface area contributed by atoms with Crippen LogP contribution in [0.3, 0.4) is 0 Å². The second-order valence-electron chi connectivity index (χ2n) is 5.24. The Kier molecular flexibility index (Phi) is 13.9. The molecule has 0 radical (unpaired) electrons. The van der Waals surface area contributed by atoms with Crippen molar-refractivity contribution in [2.24, 2.45) is 0 Å². The molecule has 0 heterocycles. The highest BCUT2D eigenvalue weighted by molar-refractivity contribution is 5.75. The van der Waals surface area contributed by atoms with Crippen molar-refractivity contribution in [1.82, 2.24) is 0 Å². The molecule has 0 spiro atoms. The molecule has 0 rings (SSSR count). The molecule has 0 unspecified atom stereocenters. The summed E-state index contributed by atoms with van der Waals surface area (Å²) in [7, 11) is 1.59. The average molecular weight is 286 g/mol. The van der Waals surface area contributed by atoms with E-state index < -0.39 is 0 Å². The zero-order valence-corrected chi connectivity index (χ0v) is 13.1. The molecule has 0 aromatic rings. The predicted octanol–water partition coefficient (Wildman–Crippen LogP) is 3.67. The summed E-state index contributed by atoms with van der Waals surface area (Å²) in [6.07, 6.45) is 10.3. The van der Waals surface area contributed by atoms with Crippen molar-refractivity contribution < 1.29 is 19.1 Å². The number of Topliss-reactive ketones (excluding diaryl/α,β-unsaturated/α-hetero) is 1. The summed E-state index contributed by atoms with van der Waals surface area (Å²) in [6.45, 7) is 2.48. The van der Waals surface area contributed by atoms with Crippen molar-refractivity contribution in [2.45, 2.75) is 71.1 Å². The van der Waals surface area contributed by atoms with Gasteiger partial charge in [0.25, 0.3) is 0 Å². The van der Waals surface area contributed by atoms with Crippen LogP contribution in [0, 0.1) is 0 Å². The smallest absolute Gasteiger partial charge is 0.305 e. The highest BCUT2D eigenvalue weighted by atomic mass is 16.6. The van der Waals surface area contributed by atoms with Crippen LogP contribution in [0.2, 0.25) is 0 Å². The van der Waals surface area contributed by atoms with Crippen LogP contribution >= 0.6 is 0 Å². The highest BCUT2D eigenvalue weighted by Gasteiger charge is 2.02. The fraction of sp³-hybridized carbons (Fsp3) is 0.875. The Balaban J connectivity index is 3.12. The fourth-order valence-electron chi connectivity index (χ4n) is 2.01. The molecule has 0 aromatic carbocycles. The number of unbranched alkanes of at least 4 members (excludes halogenated alkanes) is 7. The third-order valence-electron chi connectivity index (χ3n) is 3.21. The lowest BCUT2D eigenvalue weighted by atomic mass is 10.1. The van der Waals surface area contributed by atoms with Crippen molar-refractivity contribution in [3.8, 4) is 0 Å². The molecule has 0 saturated carbocycles. The van der Waals surface area contributed by atoms with E-state index in [1.54, 1.807) is 14.0 Å². The van der Waals surface area contributed by atoms with E-state index >= 15 is 0 Å². The van der Waals surface area contributed by atoms with Gasteiger partial charge in [0, 0.05) is 20.0 Å². The second-order valence-corrected chi connectivity index (χ2v) is 5.24. The van der Waals surface area contributed by atoms with Gasteiger partial charge in [-0.3, -0.25) is 4.79 Å². The Hall–Kier alpha value is -0.900. The molecule has 0 amide bonds. The Labute approximate surface area is 123 Å². The first-order valence-electron chi connectivity index (χ1n) is 7.81. The SMILES string of the molecule is COCCOC(=O)CCCCCCCCCCC(C)=O. The van der Waals surface area contributed by atoms with E-state index in [-0.39, 0.29) is 5.97 Å². The lowest BCUT2D eigenvalue weighted by Crippen LogP contribution is -2.09. The van der Waals surface area contributed by atoms with E-state index in [0.29, 0.717) is 25.4 Å².